The Labute approximate surface area is 129 Å². The second-order valence-corrected chi connectivity index (χ2v) is 6.05. The molecule has 2 aromatic rings. The molecule has 3 N–H and O–H groups in total. The van der Waals surface area contributed by atoms with Gasteiger partial charge in [-0.05, 0) is 49.4 Å². The molecular weight excluding hydrogens is 304 g/mol. The molecule has 22 heavy (non-hydrogen) atoms. The number of sulfonamides is 1. The van der Waals surface area contributed by atoms with Crippen molar-refractivity contribution in [2.45, 2.75) is 11.8 Å². The Hall–Kier alpha value is -2.25. The maximum Gasteiger partial charge on any atom is 0.238 e. The summed E-state index contributed by atoms with van der Waals surface area (Å²) in [5, 5.41) is 8.26. The lowest BCUT2D eigenvalue weighted by atomic mass is 10.2. The van der Waals surface area contributed by atoms with Gasteiger partial charge in [-0.2, -0.15) is 0 Å². The highest BCUT2D eigenvalue weighted by Crippen LogP contribution is 2.30. The summed E-state index contributed by atoms with van der Waals surface area (Å²) in [4.78, 5) is 0.0155. The number of anilines is 2. The highest BCUT2D eigenvalue weighted by molar-refractivity contribution is 7.89. The number of nitrogens with one attached hydrogen (secondary N) is 1. The fourth-order valence-corrected chi connectivity index (χ4v) is 2.46. The summed E-state index contributed by atoms with van der Waals surface area (Å²) in [7, 11) is -2.26. The van der Waals surface area contributed by atoms with Gasteiger partial charge in [0, 0.05) is 5.69 Å². The third-order valence-corrected chi connectivity index (χ3v) is 3.85. The maximum atomic E-state index is 11.4. The summed E-state index contributed by atoms with van der Waals surface area (Å²) < 4.78 is 33.5. The van der Waals surface area contributed by atoms with Gasteiger partial charge in [0.1, 0.15) is 11.5 Å². The molecule has 0 aliphatic rings. The third kappa shape index (κ3) is 3.90. The zero-order valence-corrected chi connectivity index (χ0v) is 13.2. The van der Waals surface area contributed by atoms with E-state index in [1.807, 2.05) is 31.2 Å². The monoisotopic (exact) mass is 322 g/mol. The van der Waals surface area contributed by atoms with Crippen molar-refractivity contribution >= 4 is 21.4 Å². The van der Waals surface area contributed by atoms with Crippen LogP contribution in [0.15, 0.2) is 47.4 Å². The highest BCUT2D eigenvalue weighted by atomic mass is 32.2. The van der Waals surface area contributed by atoms with Crippen LogP contribution >= 0.6 is 0 Å². The first-order chi connectivity index (χ1) is 10.4. The molecule has 0 amide bonds. The summed E-state index contributed by atoms with van der Waals surface area (Å²) in [5.74, 6) is 1.28. The second-order valence-electron chi connectivity index (χ2n) is 4.49. The topological polar surface area (TPSA) is 90.6 Å². The van der Waals surface area contributed by atoms with Gasteiger partial charge < -0.3 is 14.8 Å². The van der Waals surface area contributed by atoms with Crippen LogP contribution in [0.5, 0.6) is 11.5 Å². The van der Waals surface area contributed by atoms with Gasteiger partial charge in [-0.3, -0.25) is 0 Å². The first-order valence-corrected chi connectivity index (χ1v) is 8.19. The molecular formula is C15H18N2O4S. The number of hydrogen-bond acceptors (Lipinski definition) is 5. The predicted molar refractivity (Wildman–Crippen MR) is 85.3 cm³/mol. The molecule has 6 nitrogen and oxygen atoms in total. The minimum Gasteiger partial charge on any atom is -0.495 e. The van der Waals surface area contributed by atoms with Gasteiger partial charge in [0.25, 0.3) is 0 Å². The Morgan fingerprint density at radius 2 is 1.82 bits per heavy atom. The van der Waals surface area contributed by atoms with Crippen molar-refractivity contribution in [3.63, 3.8) is 0 Å². The Kier molecular flexibility index (Phi) is 4.89. The Balaban J connectivity index is 2.31. The van der Waals surface area contributed by atoms with Crippen molar-refractivity contribution in [3.05, 3.63) is 42.5 Å². The minimum absolute atomic E-state index is 0.0155. The van der Waals surface area contributed by atoms with Gasteiger partial charge in [-0.15, -0.1) is 0 Å². The summed E-state index contributed by atoms with van der Waals surface area (Å²) in [6, 6.07) is 11.7. The molecule has 0 saturated heterocycles. The van der Waals surface area contributed by atoms with Crippen molar-refractivity contribution in [2.24, 2.45) is 5.14 Å². The molecule has 118 valence electrons. The van der Waals surface area contributed by atoms with Gasteiger partial charge in [0.2, 0.25) is 10.0 Å². The number of ether oxygens (including phenoxy) is 2. The van der Waals surface area contributed by atoms with Crippen molar-refractivity contribution in [3.8, 4) is 11.5 Å². The lowest BCUT2D eigenvalue weighted by Crippen LogP contribution is -2.12. The van der Waals surface area contributed by atoms with Crippen LogP contribution in [0.2, 0.25) is 0 Å². The molecule has 0 saturated carbocycles. The summed E-state index contributed by atoms with van der Waals surface area (Å²) in [5.41, 5.74) is 1.28. The van der Waals surface area contributed by atoms with Crippen molar-refractivity contribution < 1.29 is 17.9 Å². The van der Waals surface area contributed by atoms with E-state index in [0.717, 1.165) is 11.4 Å². The molecule has 0 aliphatic carbocycles. The lowest BCUT2D eigenvalue weighted by molar-refractivity contribution is 0.340. The molecule has 0 heterocycles. The first kappa shape index (κ1) is 16.1. The van der Waals surface area contributed by atoms with Gasteiger partial charge >= 0.3 is 0 Å². The van der Waals surface area contributed by atoms with E-state index in [9.17, 15) is 8.42 Å². The summed E-state index contributed by atoms with van der Waals surface area (Å²) in [6.45, 7) is 2.51. The zero-order chi connectivity index (χ0) is 16.2. The van der Waals surface area contributed by atoms with E-state index < -0.39 is 10.0 Å². The average molecular weight is 322 g/mol. The molecule has 0 radical (unpaired) electrons. The standard InChI is InChI=1S/C15H18N2O4S/c1-3-21-12-6-4-11(5-7-12)17-14-10-13(22(16,18)19)8-9-15(14)20-2/h4-10,17H,3H2,1-2H3,(H2,16,18,19). The van der Waals surface area contributed by atoms with Gasteiger partial charge in [0.15, 0.2) is 0 Å². The average Bonchev–Trinajstić information content (AvgIpc) is 2.48. The van der Waals surface area contributed by atoms with Crippen LogP contribution in [-0.4, -0.2) is 22.1 Å². The van der Waals surface area contributed by atoms with E-state index in [0.29, 0.717) is 18.0 Å². The normalized spacial score (nSPS) is 11.0. The third-order valence-electron chi connectivity index (χ3n) is 2.94. The van der Waals surface area contributed by atoms with Gasteiger partial charge in [0.05, 0.1) is 24.3 Å². The van der Waals surface area contributed by atoms with E-state index >= 15 is 0 Å². The van der Waals surface area contributed by atoms with Crippen LogP contribution in [0, 0.1) is 0 Å². The summed E-state index contributed by atoms with van der Waals surface area (Å²) >= 11 is 0. The number of nitrogens with two attached hydrogens (primary N) is 1. The van der Waals surface area contributed by atoms with Crippen LogP contribution in [0.3, 0.4) is 0 Å². The number of benzene rings is 2. The Morgan fingerprint density at radius 1 is 1.14 bits per heavy atom. The van der Waals surface area contributed by atoms with Crippen LogP contribution in [0.4, 0.5) is 11.4 Å². The van der Waals surface area contributed by atoms with E-state index in [4.69, 9.17) is 14.6 Å². The molecule has 2 rings (SSSR count). The molecule has 2 aromatic carbocycles. The number of primary sulfonamides is 1. The maximum absolute atomic E-state index is 11.4. The van der Waals surface area contributed by atoms with Crippen molar-refractivity contribution in [2.75, 3.05) is 19.0 Å². The summed E-state index contributed by atoms with van der Waals surface area (Å²) in [6.07, 6.45) is 0. The molecule has 0 bridgehead atoms. The lowest BCUT2D eigenvalue weighted by Gasteiger charge is -2.13. The van der Waals surface area contributed by atoms with Crippen LogP contribution < -0.4 is 19.9 Å². The molecule has 0 spiro atoms. The van der Waals surface area contributed by atoms with E-state index in [-0.39, 0.29) is 4.90 Å². The van der Waals surface area contributed by atoms with E-state index in [1.165, 1.54) is 19.2 Å². The second kappa shape index (κ2) is 6.67. The zero-order valence-electron chi connectivity index (χ0n) is 12.4. The molecule has 0 aromatic heterocycles. The van der Waals surface area contributed by atoms with Crippen LogP contribution in [-0.2, 0) is 10.0 Å². The Bertz CT molecular complexity index is 743. The molecule has 7 heteroatoms. The van der Waals surface area contributed by atoms with Gasteiger partial charge in [-0.1, -0.05) is 0 Å². The number of methoxy groups -OCH3 is 1. The molecule has 0 atom stereocenters. The molecule has 0 unspecified atom stereocenters. The first-order valence-electron chi connectivity index (χ1n) is 6.64. The number of rotatable bonds is 6. The quantitative estimate of drug-likeness (QED) is 0.852. The van der Waals surface area contributed by atoms with E-state index in [1.54, 1.807) is 6.07 Å². The largest absolute Gasteiger partial charge is 0.495 e. The highest BCUT2D eigenvalue weighted by Gasteiger charge is 2.12. The Morgan fingerprint density at radius 3 is 2.36 bits per heavy atom. The van der Waals surface area contributed by atoms with Gasteiger partial charge in [-0.25, -0.2) is 13.6 Å². The van der Waals surface area contributed by atoms with Crippen LogP contribution in [0.1, 0.15) is 6.92 Å². The molecule has 0 fully saturated rings. The predicted octanol–water partition coefficient (Wildman–Crippen LogP) is 2.48. The fourth-order valence-electron chi connectivity index (χ4n) is 1.92. The minimum atomic E-state index is -3.77. The fraction of sp³-hybridized carbons (Fsp3) is 0.200. The van der Waals surface area contributed by atoms with E-state index in [2.05, 4.69) is 5.32 Å². The van der Waals surface area contributed by atoms with Crippen molar-refractivity contribution in [1.29, 1.82) is 0 Å². The number of hydrogen-bond donors (Lipinski definition) is 2. The van der Waals surface area contributed by atoms with Crippen LogP contribution in [0.25, 0.3) is 0 Å². The molecule has 0 aliphatic heterocycles. The smallest absolute Gasteiger partial charge is 0.238 e. The van der Waals surface area contributed by atoms with Crippen molar-refractivity contribution in [1.82, 2.24) is 0 Å². The SMILES string of the molecule is CCOc1ccc(Nc2cc(S(N)(=O)=O)ccc2OC)cc1.